The first-order valence-corrected chi connectivity index (χ1v) is 7.58. The average molecular weight is 329 g/mol. The maximum atomic E-state index is 6.25. The van der Waals surface area contributed by atoms with Crippen LogP contribution in [0, 0.1) is 0 Å². The fourth-order valence-electron chi connectivity index (χ4n) is 2.17. The summed E-state index contributed by atoms with van der Waals surface area (Å²) in [4.78, 5) is 0. The van der Waals surface area contributed by atoms with E-state index in [2.05, 4.69) is 19.2 Å². The molecule has 0 heterocycles. The minimum atomic E-state index is 0.104. The van der Waals surface area contributed by atoms with E-state index < -0.39 is 0 Å². The Bertz CT molecular complexity index is 581. The molecule has 1 N–H and O–H groups in total. The molecule has 2 rings (SSSR count). The summed E-state index contributed by atoms with van der Waals surface area (Å²) < 4.78 is 0. The molecule has 0 fully saturated rings. The quantitative estimate of drug-likeness (QED) is 0.719. The van der Waals surface area contributed by atoms with Crippen LogP contribution in [-0.2, 0) is 0 Å². The van der Waals surface area contributed by atoms with Gasteiger partial charge < -0.3 is 5.32 Å². The van der Waals surface area contributed by atoms with Crippen LogP contribution in [0.3, 0.4) is 0 Å². The number of hydrogen-bond donors (Lipinski definition) is 1. The highest BCUT2D eigenvalue weighted by atomic mass is 35.5. The van der Waals surface area contributed by atoms with E-state index >= 15 is 0 Å². The number of nitrogens with one attached hydrogen (secondary N) is 1. The van der Waals surface area contributed by atoms with Gasteiger partial charge in [-0.1, -0.05) is 59.1 Å². The van der Waals surface area contributed by atoms with Gasteiger partial charge in [-0.15, -0.1) is 0 Å². The minimum Gasteiger partial charge on any atom is -0.304 e. The molecule has 0 aliphatic carbocycles. The van der Waals surface area contributed by atoms with Crippen LogP contribution in [0.1, 0.15) is 37.1 Å². The molecule has 0 spiro atoms. The van der Waals surface area contributed by atoms with Crippen molar-refractivity contribution in [3.63, 3.8) is 0 Å². The van der Waals surface area contributed by atoms with Crippen LogP contribution in [0.25, 0.3) is 0 Å². The smallest absolute Gasteiger partial charge is 0.0639 e. The molecule has 4 heteroatoms. The molecule has 2 atom stereocenters. The molecule has 1 nitrogen and oxygen atoms in total. The van der Waals surface area contributed by atoms with E-state index in [-0.39, 0.29) is 12.1 Å². The molecule has 0 bridgehead atoms. The van der Waals surface area contributed by atoms with Gasteiger partial charge in [0.2, 0.25) is 0 Å². The van der Waals surface area contributed by atoms with Gasteiger partial charge >= 0.3 is 0 Å². The van der Waals surface area contributed by atoms with Gasteiger partial charge in [-0.05, 0) is 43.2 Å². The SMILES string of the molecule is CC(N[C@H](C)c1ccc(Cl)cc1)c1cccc(Cl)c1Cl. The second-order valence-electron chi connectivity index (χ2n) is 4.80. The van der Waals surface area contributed by atoms with Crippen LogP contribution in [0.5, 0.6) is 0 Å². The van der Waals surface area contributed by atoms with Crippen molar-refractivity contribution in [1.82, 2.24) is 5.32 Å². The van der Waals surface area contributed by atoms with Crippen LogP contribution in [0.4, 0.5) is 0 Å². The van der Waals surface area contributed by atoms with Gasteiger partial charge in [0.05, 0.1) is 10.0 Å². The molecule has 1 unspecified atom stereocenters. The zero-order valence-electron chi connectivity index (χ0n) is 11.3. The van der Waals surface area contributed by atoms with Crippen molar-refractivity contribution >= 4 is 34.8 Å². The van der Waals surface area contributed by atoms with E-state index in [4.69, 9.17) is 34.8 Å². The summed E-state index contributed by atoms with van der Waals surface area (Å²) in [6.45, 7) is 4.18. The lowest BCUT2D eigenvalue weighted by atomic mass is 10.0. The molecular weight excluding hydrogens is 313 g/mol. The number of hydrogen-bond acceptors (Lipinski definition) is 1. The Morgan fingerprint density at radius 2 is 1.50 bits per heavy atom. The van der Waals surface area contributed by atoms with Crippen molar-refractivity contribution < 1.29 is 0 Å². The summed E-state index contributed by atoms with van der Waals surface area (Å²) in [6.07, 6.45) is 0. The van der Waals surface area contributed by atoms with Gasteiger partial charge in [0, 0.05) is 17.1 Å². The Labute approximate surface area is 134 Å². The maximum Gasteiger partial charge on any atom is 0.0639 e. The summed E-state index contributed by atoms with van der Waals surface area (Å²) >= 11 is 18.2. The molecule has 0 radical (unpaired) electrons. The molecule has 0 amide bonds. The zero-order chi connectivity index (χ0) is 14.7. The van der Waals surface area contributed by atoms with Crippen molar-refractivity contribution in [2.45, 2.75) is 25.9 Å². The third-order valence-electron chi connectivity index (χ3n) is 3.32. The summed E-state index contributed by atoms with van der Waals surface area (Å²) in [5.41, 5.74) is 2.18. The molecule has 0 aliphatic rings. The second-order valence-corrected chi connectivity index (χ2v) is 6.03. The third-order valence-corrected chi connectivity index (χ3v) is 4.40. The van der Waals surface area contributed by atoms with Gasteiger partial charge in [-0.25, -0.2) is 0 Å². The molecule has 0 aliphatic heterocycles. The highest BCUT2D eigenvalue weighted by Gasteiger charge is 2.15. The zero-order valence-corrected chi connectivity index (χ0v) is 13.6. The van der Waals surface area contributed by atoms with Gasteiger partial charge in [-0.3, -0.25) is 0 Å². The van der Waals surface area contributed by atoms with Crippen molar-refractivity contribution in [1.29, 1.82) is 0 Å². The van der Waals surface area contributed by atoms with Gasteiger partial charge in [-0.2, -0.15) is 0 Å². The highest BCUT2D eigenvalue weighted by molar-refractivity contribution is 6.42. The first kappa shape index (κ1) is 15.7. The fourth-order valence-corrected chi connectivity index (χ4v) is 2.76. The Kier molecular flexibility index (Phi) is 5.34. The summed E-state index contributed by atoms with van der Waals surface area (Å²) in [5.74, 6) is 0. The van der Waals surface area contributed by atoms with Crippen LogP contribution in [0.2, 0.25) is 15.1 Å². The first-order valence-electron chi connectivity index (χ1n) is 6.44. The minimum absolute atomic E-state index is 0.104. The van der Waals surface area contributed by atoms with Crippen LogP contribution >= 0.6 is 34.8 Å². The van der Waals surface area contributed by atoms with E-state index in [0.29, 0.717) is 10.0 Å². The van der Waals surface area contributed by atoms with Crippen molar-refractivity contribution in [3.05, 3.63) is 68.7 Å². The lowest BCUT2D eigenvalue weighted by molar-refractivity contribution is 0.495. The van der Waals surface area contributed by atoms with E-state index in [9.17, 15) is 0 Å². The summed E-state index contributed by atoms with van der Waals surface area (Å²) in [7, 11) is 0. The van der Waals surface area contributed by atoms with Crippen molar-refractivity contribution in [2.24, 2.45) is 0 Å². The van der Waals surface area contributed by atoms with Gasteiger partial charge in [0.15, 0.2) is 0 Å². The van der Waals surface area contributed by atoms with E-state index in [1.165, 1.54) is 5.56 Å². The summed E-state index contributed by atoms with van der Waals surface area (Å²) in [5, 5.41) is 5.45. The van der Waals surface area contributed by atoms with E-state index in [1.807, 2.05) is 36.4 Å². The van der Waals surface area contributed by atoms with Crippen LogP contribution in [-0.4, -0.2) is 0 Å². The predicted octanol–water partition coefficient (Wildman–Crippen LogP) is 6.06. The normalized spacial score (nSPS) is 14.1. The van der Waals surface area contributed by atoms with Gasteiger partial charge in [0.1, 0.15) is 0 Å². The lowest BCUT2D eigenvalue weighted by Gasteiger charge is -2.22. The van der Waals surface area contributed by atoms with Crippen molar-refractivity contribution in [2.75, 3.05) is 0 Å². The largest absolute Gasteiger partial charge is 0.304 e. The monoisotopic (exact) mass is 327 g/mol. The molecule has 0 saturated carbocycles. The average Bonchev–Trinajstić information content (AvgIpc) is 2.42. The van der Waals surface area contributed by atoms with Crippen LogP contribution < -0.4 is 5.32 Å². The molecular formula is C16H16Cl3N. The number of halogens is 3. The molecule has 20 heavy (non-hydrogen) atoms. The molecule has 106 valence electrons. The van der Waals surface area contributed by atoms with E-state index in [1.54, 1.807) is 6.07 Å². The third kappa shape index (κ3) is 3.67. The van der Waals surface area contributed by atoms with Crippen molar-refractivity contribution in [3.8, 4) is 0 Å². The van der Waals surface area contributed by atoms with Gasteiger partial charge in [0.25, 0.3) is 0 Å². The first-order chi connectivity index (χ1) is 9.49. The topological polar surface area (TPSA) is 12.0 Å². The molecule has 2 aromatic rings. The maximum absolute atomic E-state index is 6.25. The second kappa shape index (κ2) is 6.82. The Balaban J connectivity index is 2.13. The fraction of sp³-hybridized carbons (Fsp3) is 0.250. The number of benzene rings is 2. The highest BCUT2D eigenvalue weighted by Crippen LogP contribution is 2.31. The predicted molar refractivity (Wildman–Crippen MR) is 87.9 cm³/mol. The summed E-state index contributed by atoms with van der Waals surface area (Å²) in [6, 6.07) is 13.8. The standard InChI is InChI=1S/C16H16Cl3N/c1-10(12-6-8-13(17)9-7-12)20-11(2)14-4-3-5-15(18)16(14)19/h3-11,20H,1-2H3/t10-,11?/m1/s1. The Morgan fingerprint density at radius 3 is 2.15 bits per heavy atom. The molecule has 0 saturated heterocycles. The molecule has 0 aromatic heterocycles. The lowest BCUT2D eigenvalue weighted by Crippen LogP contribution is -2.22. The molecule has 2 aromatic carbocycles. The Hall–Kier alpha value is -0.730. The van der Waals surface area contributed by atoms with E-state index in [0.717, 1.165) is 10.6 Å². The Morgan fingerprint density at radius 1 is 0.850 bits per heavy atom. The van der Waals surface area contributed by atoms with Crippen LogP contribution in [0.15, 0.2) is 42.5 Å². The number of rotatable bonds is 4.